The van der Waals surface area contributed by atoms with Gasteiger partial charge < -0.3 is 15.1 Å². The summed E-state index contributed by atoms with van der Waals surface area (Å²) in [6.45, 7) is 3.87. The number of anilines is 2. The summed E-state index contributed by atoms with van der Waals surface area (Å²) in [4.78, 5) is 25.4. The van der Waals surface area contributed by atoms with E-state index in [-0.39, 0.29) is 11.8 Å². The minimum Gasteiger partial charge on any atom is -0.341 e. The summed E-state index contributed by atoms with van der Waals surface area (Å²) in [6, 6.07) is 1.89. The zero-order valence-electron chi connectivity index (χ0n) is 14.8. The first-order valence-electron chi connectivity index (χ1n) is 8.32. The lowest BCUT2D eigenvalue weighted by molar-refractivity contribution is -0.133. The SMILES string of the molecule is Cc1cc(Nc2nncs2)nc(C2CCCN(C(=O)CN(C)C)C2)n1. The third-order valence-electron chi connectivity index (χ3n) is 4.06. The number of likely N-dealkylation sites (tertiary alicyclic amines) is 1. The Labute approximate surface area is 151 Å². The van der Waals surface area contributed by atoms with E-state index < -0.39 is 0 Å². The zero-order valence-corrected chi connectivity index (χ0v) is 15.6. The van der Waals surface area contributed by atoms with Crippen molar-refractivity contribution < 1.29 is 4.79 Å². The summed E-state index contributed by atoms with van der Waals surface area (Å²) in [7, 11) is 3.82. The molecule has 3 rings (SSSR count). The van der Waals surface area contributed by atoms with E-state index in [0.717, 1.165) is 36.7 Å². The normalized spacial score (nSPS) is 17.8. The van der Waals surface area contributed by atoms with Gasteiger partial charge in [0.15, 0.2) is 0 Å². The molecule has 1 aliphatic rings. The van der Waals surface area contributed by atoms with Crippen LogP contribution in [0.5, 0.6) is 0 Å². The Morgan fingerprint density at radius 1 is 1.44 bits per heavy atom. The predicted octanol–water partition coefficient (Wildman–Crippen LogP) is 1.65. The van der Waals surface area contributed by atoms with Gasteiger partial charge in [0.05, 0.1) is 6.54 Å². The minimum absolute atomic E-state index is 0.162. The van der Waals surface area contributed by atoms with Crippen molar-refractivity contribution >= 4 is 28.2 Å². The first kappa shape index (κ1) is 17.7. The smallest absolute Gasteiger partial charge is 0.236 e. The van der Waals surface area contributed by atoms with Crippen LogP contribution >= 0.6 is 11.3 Å². The summed E-state index contributed by atoms with van der Waals surface area (Å²) >= 11 is 1.42. The van der Waals surface area contributed by atoms with Crippen LogP contribution in [0, 0.1) is 6.92 Å². The van der Waals surface area contributed by atoms with Crippen LogP contribution in [-0.4, -0.2) is 69.6 Å². The molecule has 3 heterocycles. The number of likely N-dealkylation sites (N-methyl/N-ethyl adjacent to an activating group) is 1. The number of nitrogens with one attached hydrogen (secondary N) is 1. The van der Waals surface area contributed by atoms with Crippen molar-refractivity contribution in [3.8, 4) is 0 Å². The molecule has 1 fully saturated rings. The van der Waals surface area contributed by atoms with E-state index in [1.807, 2.05) is 36.9 Å². The Morgan fingerprint density at radius 2 is 2.28 bits per heavy atom. The Bertz CT molecular complexity index is 719. The number of piperidine rings is 1. The molecule has 8 nitrogen and oxygen atoms in total. The average Bonchev–Trinajstić information content (AvgIpc) is 3.07. The largest absolute Gasteiger partial charge is 0.341 e. The molecule has 1 amide bonds. The van der Waals surface area contributed by atoms with Crippen LogP contribution in [0.3, 0.4) is 0 Å². The number of carbonyl (C=O) groups is 1. The molecule has 9 heteroatoms. The molecule has 0 radical (unpaired) electrons. The quantitative estimate of drug-likeness (QED) is 0.866. The van der Waals surface area contributed by atoms with Crippen molar-refractivity contribution in [1.29, 1.82) is 0 Å². The molecule has 1 aliphatic heterocycles. The zero-order chi connectivity index (χ0) is 17.8. The molecule has 1 N–H and O–H groups in total. The third kappa shape index (κ3) is 4.70. The van der Waals surface area contributed by atoms with Gasteiger partial charge in [-0.2, -0.15) is 0 Å². The van der Waals surface area contributed by atoms with E-state index in [1.165, 1.54) is 11.3 Å². The number of aryl methyl sites for hydroxylation is 1. The first-order chi connectivity index (χ1) is 12.0. The molecule has 1 saturated heterocycles. The van der Waals surface area contributed by atoms with Gasteiger partial charge in [-0.25, -0.2) is 9.97 Å². The molecular weight excluding hydrogens is 338 g/mol. The molecular formula is C16H23N7OS. The van der Waals surface area contributed by atoms with Crippen molar-refractivity contribution in [3.63, 3.8) is 0 Å². The number of hydrogen-bond donors (Lipinski definition) is 1. The van der Waals surface area contributed by atoms with Gasteiger partial charge in [-0.05, 0) is 33.9 Å². The molecule has 2 aromatic heterocycles. The average molecular weight is 361 g/mol. The topological polar surface area (TPSA) is 87.1 Å². The molecule has 0 aromatic carbocycles. The number of hydrogen-bond acceptors (Lipinski definition) is 8. The number of carbonyl (C=O) groups excluding carboxylic acids is 1. The second-order valence-electron chi connectivity index (χ2n) is 6.54. The van der Waals surface area contributed by atoms with Gasteiger partial charge in [0.1, 0.15) is 17.2 Å². The van der Waals surface area contributed by atoms with Crippen LogP contribution in [0.2, 0.25) is 0 Å². The summed E-state index contributed by atoms with van der Waals surface area (Å²) in [6.07, 6.45) is 1.97. The van der Waals surface area contributed by atoms with Crippen LogP contribution in [0.1, 0.15) is 30.3 Å². The second kappa shape index (κ2) is 7.83. The molecule has 0 aliphatic carbocycles. The maximum Gasteiger partial charge on any atom is 0.236 e. The second-order valence-corrected chi connectivity index (χ2v) is 7.37. The fourth-order valence-electron chi connectivity index (χ4n) is 2.96. The Morgan fingerprint density at radius 3 is 3.00 bits per heavy atom. The molecule has 1 unspecified atom stereocenters. The van der Waals surface area contributed by atoms with E-state index in [1.54, 1.807) is 5.51 Å². The van der Waals surface area contributed by atoms with Crippen LogP contribution in [0.15, 0.2) is 11.6 Å². The fourth-order valence-corrected chi connectivity index (χ4v) is 3.41. The van der Waals surface area contributed by atoms with Crippen LogP contribution in [0.25, 0.3) is 0 Å². The van der Waals surface area contributed by atoms with Crippen molar-refractivity contribution in [2.24, 2.45) is 0 Å². The number of amides is 1. The van der Waals surface area contributed by atoms with E-state index in [0.29, 0.717) is 18.2 Å². The van der Waals surface area contributed by atoms with Gasteiger partial charge in [0.2, 0.25) is 11.0 Å². The van der Waals surface area contributed by atoms with E-state index in [4.69, 9.17) is 0 Å². The monoisotopic (exact) mass is 361 g/mol. The Balaban J connectivity index is 1.74. The molecule has 2 aromatic rings. The highest BCUT2D eigenvalue weighted by Crippen LogP contribution is 2.26. The number of nitrogens with zero attached hydrogens (tertiary/aromatic N) is 6. The van der Waals surface area contributed by atoms with Crippen LogP contribution < -0.4 is 5.32 Å². The van der Waals surface area contributed by atoms with Crippen molar-refractivity contribution in [1.82, 2.24) is 30.0 Å². The highest BCUT2D eigenvalue weighted by molar-refractivity contribution is 7.13. The number of aromatic nitrogens is 4. The van der Waals surface area contributed by atoms with Crippen LogP contribution in [-0.2, 0) is 4.79 Å². The van der Waals surface area contributed by atoms with Gasteiger partial charge in [0.25, 0.3) is 0 Å². The van der Waals surface area contributed by atoms with Gasteiger partial charge in [0, 0.05) is 30.8 Å². The van der Waals surface area contributed by atoms with Crippen molar-refractivity contribution in [2.45, 2.75) is 25.7 Å². The summed E-state index contributed by atoms with van der Waals surface area (Å²) in [5, 5.41) is 11.7. The molecule has 0 bridgehead atoms. The maximum atomic E-state index is 12.3. The number of rotatable bonds is 5. The summed E-state index contributed by atoms with van der Waals surface area (Å²) in [5.41, 5.74) is 2.57. The lowest BCUT2D eigenvalue weighted by atomic mass is 9.97. The van der Waals surface area contributed by atoms with Gasteiger partial charge >= 0.3 is 0 Å². The van der Waals surface area contributed by atoms with Gasteiger partial charge in [-0.15, -0.1) is 10.2 Å². The van der Waals surface area contributed by atoms with Gasteiger partial charge in [-0.3, -0.25) is 4.79 Å². The lowest BCUT2D eigenvalue weighted by Crippen LogP contribution is -2.43. The first-order valence-corrected chi connectivity index (χ1v) is 9.20. The molecule has 0 spiro atoms. The molecule has 1 atom stereocenters. The predicted molar refractivity (Wildman–Crippen MR) is 97.1 cm³/mol. The van der Waals surface area contributed by atoms with Crippen LogP contribution in [0.4, 0.5) is 10.9 Å². The standard InChI is InChI=1S/C16H23N7OS/c1-11-7-13(20-16-21-17-10-25-16)19-15(18-11)12-5-4-6-23(8-12)14(24)9-22(2)3/h7,10,12H,4-6,8-9H2,1-3H3,(H,18,19,20,21). The lowest BCUT2D eigenvalue weighted by Gasteiger charge is -2.33. The van der Waals surface area contributed by atoms with E-state index >= 15 is 0 Å². The van der Waals surface area contributed by atoms with Crippen molar-refractivity contribution in [3.05, 3.63) is 23.1 Å². The van der Waals surface area contributed by atoms with E-state index in [9.17, 15) is 4.79 Å². The Kier molecular flexibility index (Phi) is 5.54. The molecule has 134 valence electrons. The summed E-state index contributed by atoms with van der Waals surface area (Å²) in [5.74, 6) is 1.83. The highest BCUT2D eigenvalue weighted by atomic mass is 32.1. The van der Waals surface area contributed by atoms with Gasteiger partial charge in [-0.1, -0.05) is 11.3 Å². The molecule has 0 saturated carbocycles. The minimum atomic E-state index is 0.162. The maximum absolute atomic E-state index is 12.3. The third-order valence-corrected chi connectivity index (χ3v) is 4.66. The van der Waals surface area contributed by atoms with Crippen molar-refractivity contribution in [2.75, 3.05) is 39.0 Å². The summed E-state index contributed by atoms with van der Waals surface area (Å²) < 4.78 is 0. The fraction of sp³-hybridized carbons (Fsp3) is 0.562. The highest BCUT2D eigenvalue weighted by Gasteiger charge is 2.27. The van der Waals surface area contributed by atoms with E-state index in [2.05, 4.69) is 25.5 Å². The Hall–Kier alpha value is -2.13. The molecule has 25 heavy (non-hydrogen) atoms.